The molecule has 2 aromatic rings. The highest BCUT2D eigenvalue weighted by molar-refractivity contribution is 6.30. The van der Waals surface area contributed by atoms with Crippen molar-refractivity contribution in [1.82, 2.24) is 0 Å². The second-order valence-corrected chi connectivity index (χ2v) is 5.81. The van der Waals surface area contributed by atoms with Gasteiger partial charge in [0.05, 0.1) is 0 Å². The average molecular weight is 301 g/mol. The maximum absolute atomic E-state index is 12.7. The van der Waals surface area contributed by atoms with Crippen LogP contribution in [0.1, 0.15) is 52.9 Å². The van der Waals surface area contributed by atoms with E-state index in [9.17, 15) is 4.79 Å². The third-order valence-electron chi connectivity index (χ3n) is 3.80. The van der Waals surface area contributed by atoms with E-state index in [1.165, 1.54) is 11.1 Å². The molecule has 0 aliphatic heterocycles. The molecule has 110 valence electrons. The standard InChI is InChI=1S/C19H21ClO/c1-4-6-15-7-8-16(12-14(15)5-2)19(21)18-10-9-17(20)11-13(18)3/h7-12H,4-6H2,1-3H3. The highest BCUT2D eigenvalue weighted by atomic mass is 35.5. The summed E-state index contributed by atoms with van der Waals surface area (Å²) in [5.74, 6) is 0.0712. The van der Waals surface area contributed by atoms with Gasteiger partial charge in [0.2, 0.25) is 0 Å². The predicted octanol–water partition coefficient (Wildman–Crippen LogP) is 5.39. The lowest BCUT2D eigenvalue weighted by Crippen LogP contribution is -2.05. The lowest BCUT2D eigenvalue weighted by Gasteiger charge is -2.10. The van der Waals surface area contributed by atoms with E-state index >= 15 is 0 Å². The van der Waals surface area contributed by atoms with Gasteiger partial charge in [-0.1, -0.05) is 44.0 Å². The normalized spacial score (nSPS) is 10.7. The van der Waals surface area contributed by atoms with Gasteiger partial charge in [-0.05, 0) is 60.7 Å². The van der Waals surface area contributed by atoms with Crippen molar-refractivity contribution < 1.29 is 4.79 Å². The maximum atomic E-state index is 12.7. The number of halogens is 1. The van der Waals surface area contributed by atoms with E-state index in [1.807, 2.05) is 31.2 Å². The molecule has 21 heavy (non-hydrogen) atoms. The van der Waals surface area contributed by atoms with Crippen molar-refractivity contribution in [2.24, 2.45) is 0 Å². The van der Waals surface area contributed by atoms with Crippen molar-refractivity contribution in [2.75, 3.05) is 0 Å². The summed E-state index contributed by atoms with van der Waals surface area (Å²) in [6, 6.07) is 11.5. The van der Waals surface area contributed by atoms with Gasteiger partial charge in [-0.2, -0.15) is 0 Å². The molecule has 0 unspecified atom stereocenters. The minimum atomic E-state index is 0.0712. The first-order chi connectivity index (χ1) is 10.1. The zero-order valence-electron chi connectivity index (χ0n) is 12.9. The highest BCUT2D eigenvalue weighted by Crippen LogP contribution is 2.21. The number of ketones is 1. The summed E-state index contributed by atoms with van der Waals surface area (Å²) in [7, 11) is 0. The van der Waals surface area contributed by atoms with Crippen molar-refractivity contribution in [1.29, 1.82) is 0 Å². The van der Waals surface area contributed by atoms with Crippen LogP contribution in [0.2, 0.25) is 5.02 Å². The molecule has 0 saturated heterocycles. The fourth-order valence-corrected chi connectivity index (χ4v) is 2.87. The van der Waals surface area contributed by atoms with Crippen molar-refractivity contribution in [3.63, 3.8) is 0 Å². The average Bonchev–Trinajstić information content (AvgIpc) is 2.47. The molecule has 0 spiro atoms. The van der Waals surface area contributed by atoms with E-state index < -0.39 is 0 Å². The second-order valence-electron chi connectivity index (χ2n) is 5.38. The molecule has 0 N–H and O–H groups in total. The van der Waals surface area contributed by atoms with Crippen LogP contribution in [0.15, 0.2) is 36.4 Å². The van der Waals surface area contributed by atoms with Crippen LogP contribution in [0.4, 0.5) is 0 Å². The number of carbonyl (C=O) groups is 1. The Morgan fingerprint density at radius 2 is 1.81 bits per heavy atom. The van der Waals surface area contributed by atoms with Gasteiger partial charge >= 0.3 is 0 Å². The summed E-state index contributed by atoms with van der Waals surface area (Å²) < 4.78 is 0. The SMILES string of the molecule is CCCc1ccc(C(=O)c2ccc(Cl)cc2C)cc1CC. The number of benzene rings is 2. The number of rotatable bonds is 5. The Morgan fingerprint density at radius 3 is 2.43 bits per heavy atom. The van der Waals surface area contributed by atoms with Crippen molar-refractivity contribution in [2.45, 2.75) is 40.0 Å². The first-order valence-electron chi connectivity index (χ1n) is 7.49. The monoisotopic (exact) mass is 300 g/mol. The smallest absolute Gasteiger partial charge is 0.193 e. The fourth-order valence-electron chi connectivity index (χ4n) is 2.65. The van der Waals surface area contributed by atoms with E-state index in [4.69, 9.17) is 11.6 Å². The van der Waals surface area contributed by atoms with E-state index in [0.717, 1.165) is 36.0 Å². The summed E-state index contributed by atoms with van der Waals surface area (Å²) in [6.45, 7) is 6.23. The molecule has 0 heterocycles. The van der Waals surface area contributed by atoms with Gasteiger partial charge in [-0.25, -0.2) is 0 Å². The lowest BCUT2D eigenvalue weighted by atomic mass is 9.93. The molecule has 0 aliphatic rings. The summed E-state index contributed by atoms with van der Waals surface area (Å²) >= 11 is 5.96. The largest absolute Gasteiger partial charge is 0.289 e. The third kappa shape index (κ3) is 3.54. The van der Waals surface area contributed by atoms with E-state index in [-0.39, 0.29) is 5.78 Å². The van der Waals surface area contributed by atoms with Crippen LogP contribution in [0.25, 0.3) is 0 Å². The summed E-state index contributed by atoms with van der Waals surface area (Å²) in [4.78, 5) is 12.7. The zero-order chi connectivity index (χ0) is 15.4. The number of carbonyl (C=O) groups excluding carboxylic acids is 1. The van der Waals surface area contributed by atoms with Gasteiger partial charge in [-0.15, -0.1) is 0 Å². The Labute approximate surface area is 132 Å². The molecular formula is C19H21ClO. The van der Waals surface area contributed by atoms with Crippen molar-refractivity contribution in [3.8, 4) is 0 Å². The fraction of sp³-hybridized carbons (Fsp3) is 0.316. The lowest BCUT2D eigenvalue weighted by molar-refractivity contribution is 0.103. The van der Waals surface area contributed by atoms with E-state index in [2.05, 4.69) is 19.9 Å². The first kappa shape index (κ1) is 15.8. The van der Waals surface area contributed by atoms with Gasteiger partial charge in [-0.3, -0.25) is 4.79 Å². The van der Waals surface area contributed by atoms with Crippen LogP contribution in [-0.2, 0) is 12.8 Å². The number of aryl methyl sites for hydroxylation is 3. The van der Waals surface area contributed by atoms with Gasteiger partial charge < -0.3 is 0 Å². The molecule has 2 aromatic carbocycles. The minimum absolute atomic E-state index is 0.0712. The topological polar surface area (TPSA) is 17.1 Å². The van der Waals surface area contributed by atoms with Crippen LogP contribution in [-0.4, -0.2) is 5.78 Å². The van der Waals surface area contributed by atoms with Crippen LogP contribution in [0, 0.1) is 6.92 Å². The first-order valence-corrected chi connectivity index (χ1v) is 7.87. The number of hydrogen-bond acceptors (Lipinski definition) is 1. The molecule has 0 saturated carbocycles. The second kappa shape index (κ2) is 6.91. The Hall–Kier alpha value is -1.60. The van der Waals surface area contributed by atoms with Crippen LogP contribution in [0.5, 0.6) is 0 Å². The van der Waals surface area contributed by atoms with Crippen LogP contribution >= 0.6 is 11.6 Å². The van der Waals surface area contributed by atoms with Gasteiger partial charge in [0.25, 0.3) is 0 Å². The molecule has 0 radical (unpaired) electrons. The van der Waals surface area contributed by atoms with Gasteiger partial charge in [0, 0.05) is 16.1 Å². The quantitative estimate of drug-likeness (QED) is 0.676. The van der Waals surface area contributed by atoms with Gasteiger partial charge in [0.1, 0.15) is 0 Å². The molecule has 0 aliphatic carbocycles. The summed E-state index contributed by atoms with van der Waals surface area (Å²) in [5, 5.41) is 0.664. The minimum Gasteiger partial charge on any atom is -0.289 e. The maximum Gasteiger partial charge on any atom is 0.193 e. The highest BCUT2D eigenvalue weighted by Gasteiger charge is 2.13. The molecule has 0 atom stereocenters. The zero-order valence-corrected chi connectivity index (χ0v) is 13.6. The third-order valence-corrected chi connectivity index (χ3v) is 4.04. The molecule has 2 heteroatoms. The Kier molecular flexibility index (Phi) is 5.19. The van der Waals surface area contributed by atoms with Crippen LogP contribution in [0.3, 0.4) is 0 Å². The molecule has 0 amide bonds. The molecule has 1 nitrogen and oxygen atoms in total. The molecule has 0 bridgehead atoms. The summed E-state index contributed by atoms with van der Waals surface area (Å²) in [6.07, 6.45) is 3.14. The predicted molar refractivity (Wildman–Crippen MR) is 89.4 cm³/mol. The van der Waals surface area contributed by atoms with Gasteiger partial charge in [0.15, 0.2) is 5.78 Å². The molecule has 0 fully saturated rings. The Morgan fingerprint density at radius 1 is 1.05 bits per heavy atom. The molecule has 2 rings (SSSR count). The van der Waals surface area contributed by atoms with Crippen molar-refractivity contribution >= 4 is 17.4 Å². The van der Waals surface area contributed by atoms with E-state index in [1.54, 1.807) is 6.07 Å². The van der Waals surface area contributed by atoms with E-state index in [0.29, 0.717) is 5.02 Å². The number of hydrogen-bond donors (Lipinski definition) is 0. The molecule has 0 aromatic heterocycles. The Balaban J connectivity index is 2.39. The molecular weight excluding hydrogens is 280 g/mol. The van der Waals surface area contributed by atoms with Crippen molar-refractivity contribution in [3.05, 3.63) is 69.2 Å². The Bertz CT molecular complexity index is 659. The summed E-state index contributed by atoms with van der Waals surface area (Å²) in [5.41, 5.74) is 5.03. The van der Waals surface area contributed by atoms with Crippen LogP contribution < -0.4 is 0 Å².